The van der Waals surface area contributed by atoms with Gasteiger partial charge in [-0.3, -0.25) is 0 Å². The molecule has 1 unspecified atom stereocenters. The van der Waals surface area contributed by atoms with Crippen molar-refractivity contribution in [2.24, 2.45) is 0 Å². The SMILES string of the molecule is Nc1ccc2c(c1)C(C=O)c1ccccc1S2. The van der Waals surface area contributed by atoms with Gasteiger partial charge in [-0.05, 0) is 35.4 Å². The van der Waals surface area contributed by atoms with Gasteiger partial charge < -0.3 is 10.5 Å². The molecule has 1 atom stereocenters. The van der Waals surface area contributed by atoms with Crippen LogP contribution in [0.15, 0.2) is 52.3 Å². The van der Waals surface area contributed by atoms with Crippen LogP contribution in [0.4, 0.5) is 5.69 Å². The van der Waals surface area contributed by atoms with Gasteiger partial charge in [0.15, 0.2) is 0 Å². The van der Waals surface area contributed by atoms with E-state index >= 15 is 0 Å². The molecule has 0 radical (unpaired) electrons. The van der Waals surface area contributed by atoms with Crippen molar-refractivity contribution in [3.63, 3.8) is 0 Å². The minimum absolute atomic E-state index is 0.189. The van der Waals surface area contributed by atoms with Crippen LogP contribution in [0, 0.1) is 0 Å². The molecule has 2 aromatic carbocycles. The highest BCUT2D eigenvalue weighted by atomic mass is 32.2. The number of nitrogen functional groups attached to an aromatic ring is 1. The van der Waals surface area contributed by atoms with Crippen LogP contribution >= 0.6 is 11.8 Å². The fourth-order valence-corrected chi connectivity index (χ4v) is 3.30. The second-order valence-corrected chi connectivity index (χ2v) is 5.13. The Hall–Kier alpha value is -1.74. The molecule has 0 bridgehead atoms. The Balaban J connectivity index is 2.22. The third kappa shape index (κ3) is 1.63. The largest absolute Gasteiger partial charge is 0.399 e. The monoisotopic (exact) mass is 241 g/mol. The zero-order valence-electron chi connectivity index (χ0n) is 9.09. The Labute approximate surface area is 104 Å². The summed E-state index contributed by atoms with van der Waals surface area (Å²) in [4.78, 5) is 13.6. The summed E-state index contributed by atoms with van der Waals surface area (Å²) in [5.41, 5.74) is 8.59. The molecule has 2 nitrogen and oxygen atoms in total. The standard InChI is InChI=1S/C14H11NOS/c15-9-5-6-14-11(7-9)12(8-16)10-3-1-2-4-13(10)17-14/h1-8,12H,15H2. The van der Waals surface area contributed by atoms with Gasteiger partial charge in [-0.1, -0.05) is 30.0 Å². The molecule has 84 valence electrons. The molecule has 0 spiro atoms. The quantitative estimate of drug-likeness (QED) is 0.616. The van der Waals surface area contributed by atoms with Crippen molar-refractivity contribution in [3.05, 3.63) is 53.6 Å². The van der Waals surface area contributed by atoms with Gasteiger partial charge in [-0.2, -0.15) is 0 Å². The maximum atomic E-state index is 11.3. The lowest BCUT2D eigenvalue weighted by Gasteiger charge is -2.24. The fraction of sp³-hybridized carbons (Fsp3) is 0.0714. The second-order valence-electron chi connectivity index (χ2n) is 4.05. The van der Waals surface area contributed by atoms with Crippen LogP contribution in [0.2, 0.25) is 0 Å². The van der Waals surface area contributed by atoms with Crippen molar-refractivity contribution in [1.82, 2.24) is 0 Å². The minimum atomic E-state index is -0.189. The van der Waals surface area contributed by atoms with Gasteiger partial charge in [0.1, 0.15) is 6.29 Å². The van der Waals surface area contributed by atoms with Crippen LogP contribution in [0.1, 0.15) is 17.0 Å². The molecular weight excluding hydrogens is 230 g/mol. The average molecular weight is 241 g/mol. The van der Waals surface area contributed by atoms with E-state index in [1.807, 2.05) is 36.4 Å². The van der Waals surface area contributed by atoms with E-state index in [1.165, 1.54) is 0 Å². The maximum absolute atomic E-state index is 11.3. The highest BCUT2D eigenvalue weighted by Crippen LogP contribution is 2.45. The number of carbonyl (C=O) groups is 1. The molecule has 17 heavy (non-hydrogen) atoms. The Kier molecular flexibility index (Phi) is 2.41. The van der Waals surface area contributed by atoms with Crippen LogP contribution in [0.5, 0.6) is 0 Å². The van der Waals surface area contributed by atoms with Crippen LogP contribution in [-0.2, 0) is 4.79 Å². The summed E-state index contributed by atoms with van der Waals surface area (Å²) in [6, 6.07) is 13.8. The first-order valence-electron chi connectivity index (χ1n) is 5.41. The Morgan fingerprint density at radius 1 is 1.06 bits per heavy atom. The number of benzene rings is 2. The van der Waals surface area contributed by atoms with E-state index in [0.29, 0.717) is 5.69 Å². The lowest BCUT2D eigenvalue weighted by molar-refractivity contribution is -0.108. The zero-order chi connectivity index (χ0) is 11.8. The average Bonchev–Trinajstić information content (AvgIpc) is 2.36. The number of carbonyl (C=O) groups excluding carboxylic acids is 1. The molecule has 0 saturated heterocycles. The van der Waals surface area contributed by atoms with Crippen molar-refractivity contribution in [3.8, 4) is 0 Å². The molecule has 3 rings (SSSR count). The number of anilines is 1. The van der Waals surface area contributed by atoms with Crippen LogP contribution in [0.3, 0.4) is 0 Å². The number of hydrogen-bond donors (Lipinski definition) is 1. The topological polar surface area (TPSA) is 43.1 Å². The van der Waals surface area contributed by atoms with E-state index in [4.69, 9.17) is 5.73 Å². The normalized spacial score (nSPS) is 17.1. The summed E-state index contributed by atoms with van der Waals surface area (Å²) < 4.78 is 0. The van der Waals surface area contributed by atoms with Crippen molar-refractivity contribution in [2.45, 2.75) is 15.7 Å². The third-order valence-corrected chi connectivity index (χ3v) is 4.16. The Morgan fingerprint density at radius 2 is 1.82 bits per heavy atom. The molecular formula is C14H11NOS. The molecule has 1 heterocycles. The minimum Gasteiger partial charge on any atom is -0.399 e. The van der Waals surface area contributed by atoms with E-state index in [-0.39, 0.29) is 5.92 Å². The van der Waals surface area contributed by atoms with Gasteiger partial charge in [-0.15, -0.1) is 0 Å². The van der Waals surface area contributed by atoms with E-state index in [1.54, 1.807) is 11.8 Å². The van der Waals surface area contributed by atoms with E-state index in [9.17, 15) is 4.79 Å². The van der Waals surface area contributed by atoms with Gasteiger partial charge in [0, 0.05) is 15.5 Å². The van der Waals surface area contributed by atoms with Gasteiger partial charge in [0.2, 0.25) is 0 Å². The van der Waals surface area contributed by atoms with Crippen LogP contribution in [-0.4, -0.2) is 6.29 Å². The Morgan fingerprint density at radius 3 is 2.65 bits per heavy atom. The maximum Gasteiger partial charge on any atom is 0.131 e. The summed E-state index contributed by atoms with van der Waals surface area (Å²) in [5, 5.41) is 0. The summed E-state index contributed by atoms with van der Waals surface area (Å²) in [6.07, 6.45) is 0.997. The number of fused-ring (bicyclic) bond motifs is 2. The first kappa shape index (κ1) is 10.4. The van der Waals surface area contributed by atoms with Crippen molar-refractivity contribution in [1.29, 1.82) is 0 Å². The molecule has 2 N–H and O–H groups in total. The highest BCUT2D eigenvalue weighted by Gasteiger charge is 2.25. The van der Waals surface area contributed by atoms with Gasteiger partial charge in [-0.25, -0.2) is 0 Å². The predicted octanol–water partition coefficient (Wildman–Crippen LogP) is 3.06. The van der Waals surface area contributed by atoms with E-state index in [2.05, 4.69) is 6.07 Å². The molecule has 0 amide bonds. The molecule has 0 saturated carbocycles. The van der Waals surface area contributed by atoms with Gasteiger partial charge in [0.25, 0.3) is 0 Å². The lowest BCUT2D eigenvalue weighted by atomic mass is 9.92. The molecule has 0 aromatic heterocycles. The van der Waals surface area contributed by atoms with E-state index in [0.717, 1.165) is 27.2 Å². The summed E-state index contributed by atoms with van der Waals surface area (Å²) >= 11 is 1.70. The summed E-state index contributed by atoms with van der Waals surface area (Å²) in [7, 11) is 0. The van der Waals surface area contributed by atoms with Crippen molar-refractivity contribution >= 4 is 23.7 Å². The predicted molar refractivity (Wildman–Crippen MR) is 69.3 cm³/mol. The number of nitrogens with two attached hydrogens (primary N) is 1. The zero-order valence-corrected chi connectivity index (χ0v) is 9.91. The first-order valence-corrected chi connectivity index (χ1v) is 6.23. The van der Waals surface area contributed by atoms with Crippen molar-refractivity contribution < 1.29 is 4.79 Å². The number of aldehydes is 1. The molecule has 0 aliphatic carbocycles. The molecule has 2 aromatic rings. The first-order chi connectivity index (χ1) is 8.29. The third-order valence-electron chi connectivity index (χ3n) is 2.98. The van der Waals surface area contributed by atoms with Gasteiger partial charge in [0.05, 0.1) is 5.92 Å². The van der Waals surface area contributed by atoms with Crippen LogP contribution < -0.4 is 5.73 Å². The highest BCUT2D eigenvalue weighted by molar-refractivity contribution is 7.99. The van der Waals surface area contributed by atoms with Gasteiger partial charge >= 0.3 is 0 Å². The molecule has 3 heteroatoms. The fourth-order valence-electron chi connectivity index (χ4n) is 2.17. The summed E-state index contributed by atoms with van der Waals surface area (Å²) in [5.74, 6) is -0.189. The molecule has 1 aliphatic heterocycles. The number of rotatable bonds is 1. The van der Waals surface area contributed by atoms with E-state index < -0.39 is 0 Å². The smallest absolute Gasteiger partial charge is 0.131 e. The molecule has 1 aliphatic rings. The second kappa shape index (κ2) is 3.93. The number of hydrogen-bond acceptors (Lipinski definition) is 3. The summed E-state index contributed by atoms with van der Waals surface area (Å²) in [6.45, 7) is 0. The van der Waals surface area contributed by atoms with Crippen LogP contribution in [0.25, 0.3) is 0 Å². The lowest BCUT2D eigenvalue weighted by Crippen LogP contribution is -2.09. The van der Waals surface area contributed by atoms with Crippen molar-refractivity contribution in [2.75, 3.05) is 5.73 Å². The Bertz CT molecular complexity index is 595. The molecule has 0 fully saturated rings.